The van der Waals surface area contributed by atoms with Gasteiger partial charge in [-0.05, 0) is 43.5 Å². The van der Waals surface area contributed by atoms with Gasteiger partial charge < -0.3 is 5.32 Å². The van der Waals surface area contributed by atoms with Crippen LogP contribution < -0.4 is 10.0 Å². The summed E-state index contributed by atoms with van der Waals surface area (Å²) in [6, 6.07) is 5.01. The van der Waals surface area contributed by atoms with Gasteiger partial charge in [0.15, 0.2) is 0 Å². The lowest BCUT2D eigenvalue weighted by atomic mass is 10.1. The fraction of sp³-hybridized carbons (Fsp3) is 0.588. The van der Waals surface area contributed by atoms with Gasteiger partial charge in [0.25, 0.3) is 0 Å². The highest BCUT2D eigenvalue weighted by Gasteiger charge is 2.14. The highest BCUT2D eigenvalue weighted by atomic mass is 32.2. The van der Waals surface area contributed by atoms with Crippen LogP contribution in [-0.4, -0.2) is 27.4 Å². The second kappa shape index (κ2) is 9.67. The van der Waals surface area contributed by atoms with Crippen LogP contribution in [0.4, 0.5) is 0 Å². The van der Waals surface area contributed by atoms with Crippen LogP contribution in [0.1, 0.15) is 50.2 Å². The Morgan fingerprint density at radius 2 is 1.78 bits per heavy atom. The average Bonchev–Trinajstić information content (AvgIpc) is 2.49. The number of nitrogens with one attached hydrogen (secondary N) is 2. The number of hydrogen-bond donors (Lipinski definition) is 2. The summed E-state index contributed by atoms with van der Waals surface area (Å²) >= 11 is 0. The molecule has 0 bridgehead atoms. The number of benzene rings is 1. The number of amides is 1. The molecule has 1 rings (SSSR count). The van der Waals surface area contributed by atoms with Crippen molar-refractivity contribution in [1.29, 1.82) is 0 Å². The Morgan fingerprint density at radius 1 is 1.04 bits per heavy atom. The summed E-state index contributed by atoms with van der Waals surface area (Å²) < 4.78 is 26.8. The van der Waals surface area contributed by atoms with Crippen LogP contribution in [0, 0.1) is 13.8 Å². The number of rotatable bonds is 10. The first-order valence-electron chi connectivity index (χ1n) is 8.20. The molecule has 0 radical (unpaired) electrons. The van der Waals surface area contributed by atoms with Gasteiger partial charge in [-0.25, -0.2) is 13.1 Å². The van der Waals surface area contributed by atoms with Gasteiger partial charge in [0, 0.05) is 19.5 Å². The van der Waals surface area contributed by atoms with E-state index in [0.29, 0.717) is 6.54 Å². The standard InChI is InChI=1S/C17H28N2O3S/c1-4-5-6-7-11-18-17(20)10-12-19-23(21,22)16-9-8-14(2)15(3)13-16/h8-9,13,19H,4-7,10-12H2,1-3H3,(H,18,20). The van der Waals surface area contributed by atoms with E-state index in [-0.39, 0.29) is 23.8 Å². The molecule has 23 heavy (non-hydrogen) atoms. The van der Waals surface area contributed by atoms with Crippen LogP contribution in [0.3, 0.4) is 0 Å². The van der Waals surface area contributed by atoms with Gasteiger partial charge >= 0.3 is 0 Å². The molecule has 0 saturated heterocycles. The van der Waals surface area contributed by atoms with Gasteiger partial charge in [-0.1, -0.05) is 32.3 Å². The molecule has 0 aromatic heterocycles. The molecule has 0 aliphatic heterocycles. The van der Waals surface area contributed by atoms with E-state index < -0.39 is 10.0 Å². The molecule has 0 aliphatic carbocycles. The van der Waals surface area contributed by atoms with E-state index in [1.165, 1.54) is 6.42 Å². The van der Waals surface area contributed by atoms with Crippen molar-refractivity contribution in [3.63, 3.8) is 0 Å². The van der Waals surface area contributed by atoms with E-state index in [1.54, 1.807) is 18.2 Å². The van der Waals surface area contributed by atoms with Gasteiger partial charge in [0.2, 0.25) is 15.9 Å². The summed E-state index contributed by atoms with van der Waals surface area (Å²) in [6.45, 7) is 6.71. The van der Waals surface area contributed by atoms with Crippen molar-refractivity contribution in [3.8, 4) is 0 Å². The van der Waals surface area contributed by atoms with Crippen LogP contribution in [0.5, 0.6) is 0 Å². The fourth-order valence-corrected chi connectivity index (χ4v) is 3.25. The van der Waals surface area contributed by atoms with Crippen molar-refractivity contribution in [2.75, 3.05) is 13.1 Å². The smallest absolute Gasteiger partial charge is 0.240 e. The Balaban J connectivity index is 2.36. The Bertz CT molecular complexity index is 612. The molecule has 130 valence electrons. The van der Waals surface area contributed by atoms with Crippen molar-refractivity contribution in [2.24, 2.45) is 0 Å². The number of aryl methyl sites for hydroxylation is 2. The minimum Gasteiger partial charge on any atom is -0.356 e. The van der Waals surface area contributed by atoms with Crippen LogP contribution in [0.2, 0.25) is 0 Å². The predicted octanol–water partition coefficient (Wildman–Crippen LogP) is 2.67. The zero-order valence-electron chi connectivity index (χ0n) is 14.3. The third-order valence-electron chi connectivity index (χ3n) is 3.79. The van der Waals surface area contributed by atoms with Crippen molar-refractivity contribution in [3.05, 3.63) is 29.3 Å². The van der Waals surface area contributed by atoms with Crippen LogP contribution in [0.15, 0.2) is 23.1 Å². The number of unbranched alkanes of at least 4 members (excludes halogenated alkanes) is 3. The van der Waals surface area contributed by atoms with E-state index in [2.05, 4.69) is 17.0 Å². The molecule has 0 fully saturated rings. The summed E-state index contributed by atoms with van der Waals surface area (Å²) in [6.07, 6.45) is 4.56. The van der Waals surface area contributed by atoms with Crippen molar-refractivity contribution < 1.29 is 13.2 Å². The van der Waals surface area contributed by atoms with Crippen molar-refractivity contribution in [1.82, 2.24) is 10.0 Å². The molecule has 0 heterocycles. The highest BCUT2D eigenvalue weighted by Crippen LogP contribution is 2.14. The van der Waals surface area contributed by atoms with E-state index >= 15 is 0 Å². The quantitative estimate of drug-likeness (QED) is 0.643. The van der Waals surface area contributed by atoms with E-state index in [0.717, 1.165) is 30.4 Å². The summed E-state index contributed by atoms with van der Waals surface area (Å²) in [4.78, 5) is 11.9. The second-order valence-electron chi connectivity index (χ2n) is 5.80. The number of hydrogen-bond acceptors (Lipinski definition) is 3. The number of carbonyl (C=O) groups excluding carboxylic acids is 1. The van der Waals surface area contributed by atoms with E-state index in [1.807, 2.05) is 13.8 Å². The Morgan fingerprint density at radius 3 is 2.43 bits per heavy atom. The molecular weight excluding hydrogens is 312 g/mol. The average molecular weight is 340 g/mol. The SMILES string of the molecule is CCCCCCNC(=O)CCNS(=O)(=O)c1ccc(C)c(C)c1. The monoisotopic (exact) mass is 340 g/mol. The topological polar surface area (TPSA) is 75.3 Å². The third-order valence-corrected chi connectivity index (χ3v) is 5.24. The first-order valence-corrected chi connectivity index (χ1v) is 9.68. The van der Waals surface area contributed by atoms with E-state index in [9.17, 15) is 13.2 Å². The molecule has 1 amide bonds. The first-order chi connectivity index (χ1) is 10.9. The van der Waals surface area contributed by atoms with Crippen LogP contribution in [-0.2, 0) is 14.8 Å². The summed E-state index contributed by atoms with van der Waals surface area (Å²) in [7, 11) is -3.56. The lowest BCUT2D eigenvalue weighted by Gasteiger charge is -2.09. The number of sulfonamides is 1. The molecule has 6 heteroatoms. The minimum atomic E-state index is -3.56. The maximum absolute atomic E-state index is 12.2. The van der Waals surface area contributed by atoms with Gasteiger partial charge in [0.05, 0.1) is 4.90 Å². The molecule has 0 spiro atoms. The van der Waals surface area contributed by atoms with Crippen molar-refractivity contribution in [2.45, 2.75) is 57.8 Å². The van der Waals surface area contributed by atoms with Crippen molar-refractivity contribution >= 4 is 15.9 Å². The zero-order valence-corrected chi connectivity index (χ0v) is 15.1. The summed E-state index contributed by atoms with van der Waals surface area (Å²) in [5, 5.41) is 2.81. The fourth-order valence-electron chi connectivity index (χ4n) is 2.13. The normalized spacial score (nSPS) is 11.4. The maximum atomic E-state index is 12.2. The Kier molecular flexibility index (Phi) is 8.26. The van der Waals surface area contributed by atoms with E-state index in [4.69, 9.17) is 0 Å². The molecule has 1 aromatic rings. The maximum Gasteiger partial charge on any atom is 0.240 e. The molecule has 0 saturated carbocycles. The zero-order chi connectivity index (χ0) is 17.3. The highest BCUT2D eigenvalue weighted by molar-refractivity contribution is 7.89. The molecule has 5 nitrogen and oxygen atoms in total. The third kappa shape index (κ3) is 7.14. The van der Waals surface area contributed by atoms with Gasteiger partial charge in [0.1, 0.15) is 0 Å². The van der Waals surface area contributed by atoms with Crippen LogP contribution in [0.25, 0.3) is 0 Å². The molecule has 0 aliphatic rings. The van der Waals surface area contributed by atoms with Gasteiger partial charge in [-0.15, -0.1) is 0 Å². The van der Waals surface area contributed by atoms with Crippen LogP contribution >= 0.6 is 0 Å². The second-order valence-corrected chi connectivity index (χ2v) is 7.57. The van der Waals surface area contributed by atoms with Gasteiger partial charge in [-0.2, -0.15) is 0 Å². The minimum absolute atomic E-state index is 0.107. The molecule has 1 aromatic carbocycles. The molecule has 2 N–H and O–H groups in total. The molecular formula is C17H28N2O3S. The lowest BCUT2D eigenvalue weighted by molar-refractivity contribution is -0.120. The Labute approximate surface area is 139 Å². The van der Waals surface area contributed by atoms with Gasteiger partial charge in [-0.3, -0.25) is 4.79 Å². The predicted molar refractivity (Wildman–Crippen MR) is 92.9 cm³/mol. The lowest BCUT2D eigenvalue weighted by Crippen LogP contribution is -2.31. The molecule has 0 atom stereocenters. The summed E-state index contributed by atoms with van der Waals surface area (Å²) in [5.74, 6) is -0.121. The Hall–Kier alpha value is -1.40. The number of carbonyl (C=O) groups is 1. The first kappa shape index (κ1) is 19.6. The molecule has 0 unspecified atom stereocenters. The summed E-state index contributed by atoms with van der Waals surface area (Å²) in [5.41, 5.74) is 1.98. The largest absolute Gasteiger partial charge is 0.356 e.